The fourth-order valence-corrected chi connectivity index (χ4v) is 3.00. The topological polar surface area (TPSA) is 50.9 Å². The predicted octanol–water partition coefficient (Wildman–Crippen LogP) is 4.13. The number of benzene rings is 1. The molecule has 0 fully saturated rings. The van der Waals surface area contributed by atoms with Crippen molar-refractivity contribution in [3.05, 3.63) is 40.4 Å². The Bertz CT molecular complexity index is 639. The third kappa shape index (κ3) is 3.35. The van der Waals surface area contributed by atoms with Gasteiger partial charge in [0.15, 0.2) is 5.13 Å². The van der Waals surface area contributed by atoms with E-state index in [1.54, 1.807) is 11.3 Å². The molecule has 1 heterocycles. The monoisotopic (exact) mass is 305 g/mol. The Labute approximate surface area is 129 Å². The minimum absolute atomic E-state index is 0.0714. The summed E-state index contributed by atoms with van der Waals surface area (Å²) in [6.45, 7) is 8.48. The lowest BCUT2D eigenvalue weighted by molar-refractivity contribution is 0.573. The third-order valence-electron chi connectivity index (χ3n) is 3.02. The normalized spacial score (nSPS) is 11.4. The van der Waals surface area contributed by atoms with Gasteiger partial charge in [0.2, 0.25) is 0 Å². The first-order valence-electron chi connectivity index (χ1n) is 6.41. The van der Waals surface area contributed by atoms with Crippen molar-refractivity contribution >= 4 is 39.4 Å². The van der Waals surface area contributed by atoms with Gasteiger partial charge < -0.3 is 11.1 Å². The Balaban J connectivity index is 2.20. The lowest BCUT2D eigenvalue weighted by Crippen LogP contribution is -2.11. The molecular weight excluding hydrogens is 286 g/mol. The van der Waals surface area contributed by atoms with Crippen molar-refractivity contribution in [2.45, 2.75) is 33.1 Å². The van der Waals surface area contributed by atoms with Crippen molar-refractivity contribution in [3.63, 3.8) is 0 Å². The molecule has 0 saturated heterocycles. The number of hydrogen-bond acceptors (Lipinski definition) is 4. The molecular formula is C15H19N3S2. The fourth-order valence-electron chi connectivity index (χ4n) is 1.82. The second-order valence-corrected chi connectivity index (χ2v) is 7.10. The molecule has 5 heteroatoms. The van der Waals surface area contributed by atoms with E-state index in [0.29, 0.717) is 4.99 Å². The highest BCUT2D eigenvalue weighted by atomic mass is 32.1. The zero-order chi connectivity index (χ0) is 14.9. The first-order valence-corrected chi connectivity index (χ1v) is 7.69. The molecule has 0 atom stereocenters. The van der Waals surface area contributed by atoms with Gasteiger partial charge in [0.05, 0.1) is 5.69 Å². The summed E-state index contributed by atoms with van der Waals surface area (Å²) < 4.78 is 0. The fraction of sp³-hybridized carbons (Fsp3) is 0.333. The van der Waals surface area contributed by atoms with Crippen molar-refractivity contribution in [2.24, 2.45) is 5.73 Å². The quantitative estimate of drug-likeness (QED) is 0.837. The van der Waals surface area contributed by atoms with Gasteiger partial charge in [0.1, 0.15) is 4.99 Å². The summed E-state index contributed by atoms with van der Waals surface area (Å²) in [5.74, 6) is 0. The molecule has 3 N–H and O–H groups in total. The molecule has 0 bridgehead atoms. The number of thiazole rings is 1. The Hall–Kier alpha value is -1.46. The third-order valence-corrected chi connectivity index (χ3v) is 3.99. The smallest absolute Gasteiger partial charge is 0.187 e. The Morgan fingerprint density at radius 3 is 2.55 bits per heavy atom. The average molecular weight is 305 g/mol. The van der Waals surface area contributed by atoms with Crippen LogP contribution >= 0.6 is 23.6 Å². The van der Waals surface area contributed by atoms with Crippen LogP contribution in [-0.2, 0) is 5.41 Å². The van der Waals surface area contributed by atoms with Crippen LogP contribution in [0.25, 0.3) is 0 Å². The van der Waals surface area contributed by atoms with Gasteiger partial charge in [-0.2, -0.15) is 0 Å². The van der Waals surface area contributed by atoms with Crippen LogP contribution in [0.15, 0.2) is 23.6 Å². The number of nitrogens with two attached hydrogens (primary N) is 1. The molecule has 0 unspecified atom stereocenters. The first-order chi connectivity index (χ1) is 9.27. The van der Waals surface area contributed by atoms with Crippen molar-refractivity contribution in [3.8, 4) is 0 Å². The Kier molecular flexibility index (Phi) is 4.11. The first kappa shape index (κ1) is 14.9. The molecule has 0 aliphatic carbocycles. The summed E-state index contributed by atoms with van der Waals surface area (Å²) in [7, 11) is 0. The van der Waals surface area contributed by atoms with Gasteiger partial charge >= 0.3 is 0 Å². The van der Waals surface area contributed by atoms with Crippen molar-refractivity contribution in [1.29, 1.82) is 0 Å². The van der Waals surface area contributed by atoms with Crippen molar-refractivity contribution in [1.82, 2.24) is 4.98 Å². The molecule has 0 aliphatic rings. The number of nitrogens with one attached hydrogen (secondary N) is 1. The maximum absolute atomic E-state index is 5.67. The van der Waals surface area contributed by atoms with Crippen LogP contribution in [0.4, 0.5) is 10.8 Å². The molecule has 106 valence electrons. The van der Waals surface area contributed by atoms with E-state index in [1.807, 2.05) is 25.1 Å². The second kappa shape index (κ2) is 5.50. The van der Waals surface area contributed by atoms with Gasteiger partial charge in [-0.1, -0.05) is 33.0 Å². The zero-order valence-corrected chi connectivity index (χ0v) is 13.8. The molecule has 0 amide bonds. The summed E-state index contributed by atoms with van der Waals surface area (Å²) in [5, 5.41) is 6.32. The van der Waals surface area contributed by atoms with Crippen LogP contribution in [0, 0.1) is 6.92 Å². The van der Waals surface area contributed by atoms with E-state index in [2.05, 4.69) is 36.5 Å². The lowest BCUT2D eigenvalue weighted by atomic mass is 9.93. The SMILES string of the molecule is Cc1cc(Nc2nc(C(C)(C)C)cs2)ccc1C(N)=S. The lowest BCUT2D eigenvalue weighted by Gasteiger charge is -2.14. The number of aryl methyl sites for hydroxylation is 1. The zero-order valence-electron chi connectivity index (χ0n) is 12.2. The summed E-state index contributed by atoms with van der Waals surface area (Å²) in [6, 6.07) is 5.95. The highest BCUT2D eigenvalue weighted by Crippen LogP contribution is 2.28. The van der Waals surface area contributed by atoms with Crippen LogP contribution in [-0.4, -0.2) is 9.97 Å². The second-order valence-electron chi connectivity index (χ2n) is 5.81. The molecule has 0 radical (unpaired) electrons. The molecule has 0 aliphatic heterocycles. The van der Waals surface area contributed by atoms with Gasteiger partial charge in [0, 0.05) is 22.0 Å². The predicted molar refractivity (Wildman–Crippen MR) is 91.2 cm³/mol. The number of nitrogens with zero attached hydrogens (tertiary/aromatic N) is 1. The van der Waals surface area contributed by atoms with Gasteiger partial charge in [-0.3, -0.25) is 0 Å². The van der Waals surface area contributed by atoms with Gasteiger partial charge in [-0.05, 0) is 30.7 Å². The average Bonchev–Trinajstić information content (AvgIpc) is 2.76. The number of hydrogen-bond donors (Lipinski definition) is 2. The molecule has 2 rings (SSSR count). The largest absolute Gasteiger partial charge is 0.389 e. The van der Waals surface area contributed by atoms with Gasteiger partial charge in [0.25, 0.3) is 0 Å². The van der Waals surface area contributed by atoms with Crippen molar-refractivity contribution in [2.75, 3.05) is 5.32 Å². The Morgan fingerprint density at radius 1 is 1.35 bits per heavy atom. The van der Waals surface area contributed by atoms with E-state index >= 15 is 0 Å². The van der Waals surface area contributed by atoms with Gasteiger partial charge in [-0.25, -0.2) is 4.98 Å². The Morgan fingerprint density at radius 2 is 2.05 bits per heavy atom. The van der Waals surface area contributed by atoms with Crippen LogP contribution in [0.1, 0.15) is 37.6 Å². The number of rotatable bonds is 3. The summed E-state index contributed by atoms with van der Waals surface area (Å²) in [5.41, 5.74) is 9.82. The van der Waals surface area contributed by atoms with Crippen LogP contribution in [0.2, 0.25) is 0 Å². The summed E-state index contributed by atoms with van der Waals surface area (Å²) in [4.78, 5) is 5.05. The van der Waals surface area contributed by atoms with E-state index in [1.165, 1.54) is 0 Å². The summed E-state index contributed by atoms with van der Waals surface area (Å²) >= 11 is 6.63. The number of anilines is 2. The van der Waals surface area contributed by atoms with Crippen molar-refractivity contribution < 1.29 is 0 Å². The molecule has 3 nitrogen and oxygen atoms in total. The van der Waals surface area contributed by atoms with E-state index < -0.39 is 0 Å². The number of aromatic nitrogens is 1. The molecule has 1 aromatic heterocycles. The highest BCUT2D eigenvalue weighted by molar-refractivity contribution is 7.80. The van der Waals surface area contributed by atoms with E-state index in [0.717, 1.165) is 27.6 Å². The highest BCUT2D eigenvalue weighted by Gasteiger charge is 2.17. The van der Waals surface area contributed by atoms with E-state index in [-0.39, 0.29) is 5.41 Å². The summed E-state index contributed by atoms with van der Waals surface area (Å²) in [6.07, 6.45) is 0. The molecule has 2 aromatic rings. The van der Waals surface area contributed by atoms with E-state index in [9.17, 15) is 0 Å². The van der Waals surface area contributed by atoms with Crippen LogP contribution in [0.5, 0.6) is 0 Å². The minimum Gasteiger partial charge on any atom is -0.389 e. The molecule has 20 heavy (non-hydrogen) atoms. The van der Waals surface area contributed by atoms with E-state index in [4.69, 9.17) is 18.0 Å². The van der Waals surface area contributed by atoms with Gasteiger partial charge in [-0.15, -0.1) is 11.3 Å². The molecule has 0 saturated carbocycles. The molecule has 0 spiro atoms. The maximum Gasteiger partial charge on any atom is 0.187 e. The molecule has 1 aromatic carbocycles. The standard InChI is InChI=1S/C15H19N3S2/c1-9-7-10(5-6-11(9)13(16)19)17-14-18-12(8-20-14)15(2,3)4/h5-8H,1-4H3,(H2,16,19)(H,17,18). The minimum atomic E-state index is 0.0714. The van der Waals surface area contributed by atoms with Crippen LogP contribution in [0.3, 0.4) is 0 Å². The maximum atomic E-state index is 5.67. The van der Waals surface area contributed by atoms with Crippen LogP contribution < -0.4 is 11.1 Å². The number of thiocarbonyl (C=S) groups is 1.